The van der Waals surface area contributed by atoms with E-state index >= 15 is 0 Å². The number of anilines is 2. The van der Waals surface area contributed by atoms with Crippen molar-refractivity contribution in [1.29, 1.82) is 0 Å². The number of aryl methyl sites for hydroxylation is 1. The summed E-state index contributed by atoms with van der Waals surface area (Å²) in [5, 5.41) is 10.9. The molecular formula is C32H38F3N11O4S. The van der Waals surface area contributed by atoms with Crippen molar-refractivity contribution < 1.29 is 31.2 Å². The second-order valence-electron chi connectivity index (χ2n) is 13.2. The molecule has 6 heterocycles. The highest BCUT2D eigenvalue weighted by Crippen LogP contribution is 2.34. The molecule has 0 unspecified atom stereocenters. The van der Waals surface area contributed by atoms with Crippen LogP contribution in [0.3, 0.4) is 0 Å². The molecule has 1 aromatic carbocycles. The van der Waals surface area contributed by atoms with Gasteiger partial charge in [-0.3, -0.25) is 24.6 Å². The van der Waals surface area contributed by atoms with Gasteiger partial charge in [-0.2, -0.15) is 22.6 Å². The average Bonchev–Trinajstić information content (AvgIpc) is 3.63. The van der Waals surface area contributed by atoms with E-state index in [1.54, 1.807) is 16.3 Å². The molecule has 3 aliphatic heterocycles. The molecule has 3 aromatic heterocycles. The number of nitrogens with one attached hydrogen (secondary N) is 2. The lowest BCUT2D eigenvalue weighted by molar-refractivity contribution is -0.138. The number of aromatic nitrogens is 6. The number of benzene rings is 1. The minimum absolute atomic E-state index is 0.0677. The number of carbonyl (C=O) groups is 2. The van der Waals surface area contributed by atoms with E-state index in [1.165, 1.54) is 21.0 Å². The van der Waals surface area contributed by atoms with Gasteiger partial charge >= 0.3 is 12.2 Å². The van der Waals surface area contributed by atoms with Crippen molar-refractivity contribution in [2.24, 2.45) is 14.1 Å². The molecule has 272 valence electrons. The highest BCUT2D eigenvalue weighted by Gasteiger charge is 2.34. The number of imide groups is 1. The zero-order chi connectivity index (χ0) is 36.1. The van der Waals surface area contributed by atoms with Crippen LogP contribution >= 0.6 is 0 Å². The average molecular weight is 730 g/mol. The van der Waals surface area contributed by atoms with E-state index < -0.39 is 27.8 Å². The molecular weight excluding hydrogens is 691 g/mol. The third-order valence-electron chi connectivity index (χ3n) is 10.0. The van der Waals surface area contributed by atoms with Gasteiger partial charge < -0.3 is 9.88 Å². The predicted molar refractivity (Wildman–Crippen MR) is 179 cm³/mol. The number of rotatable bonds is 8. The molecule has 0 bridgehead atoms. The number of urea groups is 1. The molecule has 0 atom stereocenters. The predicted octanol–water partition coefficient (Wildman–Crippen LogP) is 3.21. The van der Waals surface area contributed by atoms with Crippen LogP contribution in [0.1, 0.15) is 55.0 Å². The van der Waals surface area contributed by atoms with Gasteiger partial charge in [-0.15, -0.1) is 0 Å². The number of amides is 3. The fourth-order valence-electron chi connectivity index (χ4n) is 7.02. The number of imidazole rings is 1. The fourth-order valence-corrected chi connectivity index (χ4v) is 8.61. The van der Waals surface area contributed by atoms with Crippen LogP contribution in [0.5, 0.6) is 0 Å². The molecule has 7 rings (SSSR count). The first-order valence-electron chi connectivity index (χ1n) is 16.7. The van der Waals surface area contributed by atoms with Gasteiger partial charge in [0.15, 0.2) is 10.8 Å². The SMILES string of the molecule is Cn1c(S(=O)(=O)N2CCC(Nc3ncc(C(F)(F)F)cn3)CC2)cnc1CN1CCC(c2ccc3c(N4CCC(=O)NC4=O)nn(C)c3c2)CC1. The summed E-state index contributed by atoms with van der Waals surface area (Å²) in [4.78, 5) is 39.8. The van der Waals surface area contributed by atoms with Crippen LogP contribution in [0.15, 0.2) is 41.8 Å². The molecule has 4 aromatic rings. The van der Waals surface area contributed by atoms with E-state index in [4.69, 9.17) is 0 Å². The van der Waals surface area contributed by atoms with Crippen molar-refractivity contribution in [1.82, 2.24) is 43.8 Å². The topological polar surface area (TPSA) is 163 Å². The first kappa shape index (κ1) is 34.8. The summed E-state index contributed by atoms with van der Waals surface area (Å²) in [5.41, 5.74) is 1.16. The van der Waals surface area contributed by atoms with Crippen molar-refractivity contribution in [2.45, 2.75) is 61.8 Å². The zero-order valence-corrected chi connectivity index (χ0v) is 28.9. The molecule has 3 fully saturated rings. The van der Waals surface area contributed by atoms with Crippen molar-refractivity contribution in [2.75, 3.05) is 42.9 Å². The number of halogens is 3. The van der Waals surface area contributed by atoms with E-state index in [0.717, 1.165) is 49.2 Å². The van der Waals surface area contributed by atoms with Gasteiger partial charge in [0.1, 0.15) is 5.82 Å². The smallest absolute Gasteiger partial charge is 0.351 e. The van der Waals surface area contributed by atoms with E-state index in [-0.39, 0.29) is 49.0 Å². The minimum Gasteiger partial charge on any atom is -0.351 e. The molecule has 3 saturated heterocycles. The van der Waals surface area contributed by atoms with E-state index in [2.05, 4.69) is 47.7 Å². The summed E-state index contributed by atoms with van der Waals surface area (Å²) in [5.74, 6) is 1.28. The van der Waals surface area contributed by atoms with Gasteiger partial charge in [0.05, 0.1) is 23.8 Å². The Hall–Kier alpha value is -4.62. The summed E-state index contributed by atoms with van der Waals surface area (Å²) in [7, 11) is -0.274. The Morgan fingerprint density at radius 3 is 2.31 bits per heavy atom. The summed E-state index contributed by atoms with van der Waals surface area (Å²) in [6.07, 6.45) is 1.25. The van der Waals surface area contributed by atoms with Gasteiger partial charge in [0.2, 0.25) is 11.9 Å². The third kappa shape index (κ3) is 7.01. The number of likely N-dealkylation sites (tertiary alicyclic amines) is 1. The number of hydrogen-bond acceptors (Lipinski definition) is 10. The lowest BCUT2D eigenvalue weighted by Crippen LogP contribution is -2.49. The first-order valence-corrected chi connectivity index (χ1v) is 18.2. The summed E-state index contributed by atoms with van der Waals surface area (Å²) >= 11 is 0. The summed E-state index contributed by atoms with van der Waals surface area (Å²) < 4.78 is 70.5. The number of alkyl halides is 3. The van der Waals surface area contributed by atoms with Crippen LogP contribution in [-0.2, 0) is 41.6 Å². The minimum atomic E-state index is -4.52. The monoisotopic (exact) mass is 729 g/mol. The second kappa shape index (κ2) is 13.5. The number of piperidine rings is 2. The summed E-state index contributed by atoms with van der Waals surface area (Å²) in [6.45, 7) is 2.86. The highest BCUT2D eigenvalue weighted by atomic mass is 32.2. The lowest BCUT2D eigenvalue weighted by atomic mass is 9.89. The Balaban J connectivity index is 0.933. The number of fused-ring (bicyclic) bond motifs is 1. The largest absolute Gasteiger partial charge is 0.419 e. The van der Waals surface area contributed by atoms with Crippen LogP contribution in [0, 0.1) is 0 Å². The number of sulfonamides is 1. The Labute approximate surface area is 291 Å². The maximum atomic E-state index is 13.6. The molecule has 19 heteroatoms. The normalized spacial score (nSPS) is 19.2. The van der Waals surface area contributed by atoms with Crippen LogP contribution in [0.2, 0.25) is 0 Å². The molecule has 51 heavy (non-hydrogen) atoms. The lowest BCUT2D eigenvalue weighted by Gasteiger charge is -2.32. The van der Waals surface area contributed by atoms with Gasteiger partial charge in [-0.05, 0) is 62.4 Å². The second-order valence-corrected chi connectivity index (χ2v) is 15.1. The standard InChI is InChI=1S/C32H38F3N11O4S/c1-42-26(36-18-28(42)51(49,50)45-12-7-23(8-13-45)39-30-37-16-22(17-38-30)32(33,34)35)19-44-10-5-20(6-11-44)21-3-4-24-25(15-21)43(2)41-29(24)46-14-9-27(47)40-31(46)48/h3-4,15-18,20,23H,5-14,19H2,1-2H3,(H,37,38,39)(H,40,47,48). The van der Waals surface area contributed by atoms with Crippen LogP contribution < -0.4 is 15.5 Å². The maximum absolute atomic E-state index is 13.6. The molecule has 0 radical (unpaired) electrons. The van der Waals surface area contributed by atoms with Gasteiger partial charge in [0.25, 0.3) is 10.0 Å². The molecule has 0 saturated carbocycles. The van der Waals surface area contributed by atoms with E-state index in [1.807, 2.05) is 13.1 Å². The van der Waals surface area contributed by atoms with Crippen molar-refractivity contribution in [3.05, 3.63) is 53.7 Å². The molecule has 3 aliphatic rings. The number of hydrogen-bond donors (Lipinski definition) is 2. The van der Waals surface area contributed by atoms with E-state index in [9.17, 15) is 31.2 Å². The van der Waals surface area contributed by atoms with E-state index in [0.29, 0.717) is 36.9 Å². The fraction of sp³-hybridized carbons (Fsp3) is 0.500. The Kier molecular flexibility index (Phi) is 9.21. The maximum Gasteiger partial charge on any atom is 0.419 e. The van der Waals surface area contributed by atoms with Crippen molar-refractivity contribution in [3.63, 3.8) is 0 Å². The van der Waals surface area contributed by atoms with Crippen LogP contribution in [0.25, 0.3) is 10.9 Å². The first-order chi connectivity index (χ1) is 24.3. The molecule has 15 nitrogen and oxygen atoms in total. The van der Waals surface area contributed by atoms with Crippen molar-refractivity contribution in [3.8, 4) is 0 Å². The molecule has 0 aliphatic carbocycles. The Bertz CT molecular complexity index is 2050. The molecule has 2 N–H and O–H groups in total. The third-order valence-corrected chi connectivity index (χ3v) is 12.0. The van der Waals surface area contributed by atoms with Crippen molar-refractivity contribution >= 4 is 44.6 Å². The van der Waals surface area contributed by atoms with Gasteiger partial charge in [-0.1, -0.05) is 6.07 Å². The quantitative estimate of drug-likeness (QED) is 0.276. The zero-order valence-electron chi connectivity index (χ0n) is 28.1. The number of carbonyl (C=O) groups excluding carboxylic acids is 2. The molecule has 3 amide bonds. The summed E-state index contributed by atoms with van der Waals surface area (Å²) in [6, 6.07) is 5.55. The Morgan fingerprint density at radius 1 is 0.941 bits per heavy atom. The molecule has 0 spiro atoms. The number of nitrogens with zero attached hydrogens (tertiary/aromatic N) is 9. The van der Waals surface area contributed by atoms with Gasteiger partial charge in [0, 0.05) is 64.0 Å². The Morgan fingerprint density at radius 2 is 1.65 bits per heavy atom. The van der Waals surface area contributed by atoms with Gasteiger partial charge in [-0.25, -0.2) is 28.2 Å². The van der Waals surface area contributed by atoms with Crippen LogP contribution in [0.4, 0.5) is 29.7 Å². The van der Waals surface area contributed by atoms with Crippen LogP contribution in [-0.4, -0.2) is 97.6 Å². The highest BCUT2D eigenvalue weighted by molar-refractivity contribution is 7.89.